The molecule has 0 aromatic heterocycles. The normalized spacial score (nSPS) is 24.4. The van der Waals surface area contributed by atoms with Crippen LogP contribution >= 0.6 is 12.4 Å². The van der Waals surface area contributed by atoms with Gasteiger partial charge in [0, 0.05) is 38.3 Å². The van der Waals surface area contributed by atoms with E-state index in [1.807, 2.05) is 40.1 Å². The molecule has 0 saturated carbocycles. The van der Waals surface area contributed by atoms with Crippen LogP contribution in [0.3, 0.4) is 0 Å². The molecule has 0 N–H and O–H groups in total. The lowest BCUT2D eigenvalue weighted by Crippen LogP contribution is -2.60. The van der Waals surface area contributed by atoms with E-state index >= 15 is 0 Å². The van der Waals surface area contributed by atoms with Crippen LogP contribution in [-0.2, 0) is 9.53 Å². The molecule has 3 aliphatic rings. The van der Waals surface area contributed by atoms with Crippen molar-refractivity contribution >= 4 is 24.2 Å². The molecule has 1 unspecified atom stereocenters. The van der Waals surface area contributed by atoms with Gasteiger partial charge in [-0.15, -0.1) is 12.4 Å². The Labute approximate surface area is 185 Å². The summed E-state index contributed by atoms with van der Waals surface area (Å²) in [5.41, 5.74) is 0.452. The highest BCUT2D eigenvalue weighted by molar-refractivity contribution is 5.94. The van der Waals surface area contributed by atoms with Gasteiger partial charge in [-0.05, 0) is 51.2 Å². The Morgan fingerprint density at radius 1 is 1.00 bits per heavy atom. The van der Waals surface area contributed by atoms with Crippen LogP contribution in [0.15, 0.2) is 30.3 Å². The predicted molar refractivity (Wildman–Crippen MR) is 119 cm³/mol. The zero-order chi connectivity index (χ0) is 20.3. The molecule has 1 atom stereocenters. The Bertz CT molecular complexity index is 716. The Kier molecular flexibility index (Phi) is 7.77. The summed E-state index contributed by atoms with van der Waals surface area (Å²) < 4.78 is 6.38. The number of carbonyl (C=O) groups excluding carboxylic acids is 2. The maximum atomic E-state index is 13.0. The molecule has 166 valence electrons. The molecule has 1 aromatic carbocycles. The first kappa shape index (κ1) is 23.0. The van der Waals surface area contributed by atoms with Crippen molar-refractivity contribution in [2.24, 2.45) is 0 Å². The largest absolute Gasteiger partial charge is 0.368 e. The summed E-state index contributed by atoms with van der Waals surface area (Å²) in [4.78, 5) is 31.8. The summed E-state index contributed by atoms with van der Waals surface area (Å²) in [7, 11) is 0. The highest BCUT2D eigenvalue weighted by Crippen LogP contribution is 2.33. The SMILES string of the molecule is CC1CN(C(=O)c2ccccc2)CC2(CCN(CC(=O)N3CCCCC3)CC2)O1.Cl. The van der Waals surface area contributed by atoms with Crippen LogP contribution in [-0.4, -0.2) is 84.0 Å². The topological polar surface area (TPSA) is 53.1 Å². The lowest BCUT2D eigenvalue weighted by Gasteiger charge is -2.49. The fourth-order valence-corrected chi connectivity index (χ4v) is 4.97. The average molecular weight is 436 g/mol. The first-order chi connectivity index (χ1) is 14.0. The van der Waals surface area contributed by atoms with Crippen molar-refractivity contribution in [1.82, 2.24) is 14.7 Å². The Balaban J connectivity index is 0.00000256. The Morgan fingerprint density at radius 3 is 2.33 bits per heavy atom. The molecular weight excluding hydrogens is 402 g/mol. The number of ether oxygens (including phenoxy) is 1. The monoisotopic (exact) mass is 435 g/mol. The predicted octanol–water partition coefficient (Wildman–Crippen LogP) is 2.82. The van der Waals surface area contributed by atoms with Crippen molar-refractivity contribution in [1.29, 1.82) is 0 Å². The fourth-order valence-electron chi connectivity index (χ4n) is 4.97. The van der Waals surface area contributed by atoms with Crippen LogP contribution < -0.4 is 0 Å². The van der Waals surface area contributed by atoms with Crippen LogP contribution in [0.1, 0.15) is 49.4 Å². The fraction of sp³-hybridized carbons (Fsp3) is 0.652. The van der Waals surface area contributed by atoms with E-state index in [0.29, 0.717) is 19.6 Å². The third-order valence-electron chi connectivity index (χ3n) is 6.55. The van der Waals surface area contributed by atoms with E-state index in [0.717, 1.165) is 57.4 Å². The van der Waals surface area contributed by atoms with Gasteiger partial charge in [0.15, 0.2) is 0 Å². The molecule has 1 spiro atoms. The van der Waals surface area contributed by atoms with E-state index in [1.54, 1.807) is 0 Å². The number of benzene rings is 1. The third-order valence-corrected chi connectivity index (χ3v) is 6.55. The highest BCUT2D eigenvalue weighted by Gasteiger charge is 2.43. The zero-order valence-corrected chi connectivity index (χ0v) is 18.7. The van der Waals surface area contributed by atoms with Gasteiger partial charge in [0.1, 0.15) is 0 Å². The van der Waals surface area contributed by atoms with E-state index < -0.39 is 0 Å². The number of nitrogens with zero attached hydrogens (tertiary/aromatic N) is 3. The van der Waals surface area contributed by atoms with Gasteiger partial charge in [-0.1, -0.05) is 18.2 Å². The first-order valence-corrected chi connectivity index (χ1v) is 11.1. The summed E-state index contributed by atoms with van der Waals surface area (Å²) in [6, 6.07) is 9.50. The van der Waals surface area contributed by atoms with Crippen LogP contribution in [0, 0.1) is 0 Å². The summed E-state index contributed by atoms with van der Waals surface area (Å²) in [6.45, 7) is 7.35. The number of amides is 2. The molecule has 2 amide bonds. The van der Waals surface area contributed by atoms with Gasteiger partial charge in [0.2, 0.25) is 5.91 Å². The molecular formula is C23H34ClN3O3. The van der Waals surface area contributed by atoms with E-state index in [4.69, 9.17) is 4.74 Å². The van der Waals surface area contributed by atoms with Crippen molar-refractivity contribution in [3.63, 3.8) is 0 Å². The maximum Gasteiger partial charge on any atom is 0.254 e. The van der Waals surface area contributed by atoms with Crippen molar-refractivity contribution in [3.8, 4) is 0 Å². The lowest BCUT2D eigenvalue weighted by molar-refractivity contribution is -0.163. The van der Waals surface area contributed by atoms with Crippen molar-refractivity contribution in [2.75, 3.05) is 45.8 Å². The number of hydrogen-bond acceptors (Lipinski definition) is 4. The van der Waals surface area contributed by atoms with Gasteiger partial charge >= 0.3 is 0 Å². The minimum Gasteiger partial charge on any atom is -0.368 e. The number of carbonyl (C=O) groups is 2. The van der Waals surface area contributed by atoms with Crippen LogP contribution in [0.4, 0.5) is 0 Å². The van der Waals surface area contributed by atoms with Crippen LogP contribution in [0.2, 0.25) is 0 Å². The van der Waals surface area contributed by atoms with Gasteiger partial charge in [-0.25, -0.2) is 0 Å². The van der Waals surface area contributed by atoms with E-state index in [2.05, 4.69) is 11.8 Å². The van der Waals surface area contributed by atoms with Gasteiger partial charge in [-0.3, -0.25) is 14.5 Å². The summed E-state index contributed by atoms with van der Waals surface area (Å²) in [6.07, 6.45) is 5.26. The van der Waals surface area contributed by atoms with Gasteiger partial charge < -0.3 is 14.5 Å². The van der Waals surface area contributed by atoms with Gasteiger partial charge in [0.25, 0.3) is 5.91 Å². The molecule has 3 aliphatic heterocycles. The molecule has 0 bridgehead atoms. The number of morpholine rings is 1. The second-order valence-electron chi connectivity index (χ2n) is 8.88. The maximum absolute atomic E-state index is 13.0. The quantitative estimate of drug-likeness (QED) is 0.732. The number of likely N-dealkylation sites (tertiary alicyclic amines) is 2. The summed E-state index contributed by atoms with van der Waals surface area (Å²) in [5, 5.41) is 0. The molecule has 0 aliphatic carbocycles. The lowest BCUT2D eigenvalue weighted by atomic mass is 9.88. The summed E-state index contributed by atoms with van der Waals surface area (Å²) in [5.74, 6) is 0.349. The van der Waals surface area contributed by atoms with E-state index in [1.165, 1.54) is 6.42 Å². The minimum atomic E-state index is -0.285. The zero-order valence-electron chi connectivity index (χ0n) is 17.9. The number of rotatable bonds is 3. The number of halogens is 1. The second kappa shape index (κ2) is 10.1. The minimum absolute atomic E-state index is 0. The van der Waals surface area contributed by atoms with Crippen molar-refractivity contribution in [2.45, 2.75) is 50.7 Å². The Morgan fingerprint density at radius 2 is 1.67 bits per heavy atom. The van der Waals surface area contributed by atoms with Gasteiger partial charge in [0.05, 0.1) is 24.8 Å². The molecule has 0 radical (unpaired) electrons. The van der Waals surface area contributed by atoms with Crippen molar-refractivity contribution < 1.29 is 14.3 Å². The second-order valence-corrected chi connectivity index (χ2v) is 8.88. The van der Waals surface area contributed by atoms with E-state index in [-0.39, 0.29) is 35.9 Å². The van der Waals surface area contributed by atoms with E-state index in [9.17, 15) is 9.59 Å². The molecule has 6 nitrogen and oxygen atoms in total. The molecule has 3 fully saturated rings. The smallest absolute Gasteiger partial charge is 0.254 e. The number of hydrogen-bond donors (Lipinski definition) is 0. The average Bonchev–Trinajstić information content (AvgIpc) is 2.76. The Hall–Kier alpha value is -1.63. The highest BCUT2D eigenvalue weighted by atomic mass is 35.5. The van der Waals surface area contributed by atoms with Crippen LogP contribution in [0.5, 0.6) is 0 Å². The molecule has 7 heteroatoms. The first-order valence-electron chi connectivity index (χ1n) is 11.1. The summed E-state index contributed by atoms with van der Waals surface area (Å²) >= 11 is 0. The number of piperidine rings is 2. The molecule has 3 heterocycles. The molecule has 4 rings (SSSR count). The standard InChI is InChI=1S/C23H33N3O3.ClH/c1-19-16-26(22(28)20-8-4-2-5-9-20)18-23(29-19)10-14-24(15-11-23)17-21(27)25-12-6-3-7-13-25;/h2,4-5,8-9,19H,3,6-7,10-18H2,1H3;1H. The third kappa shape index (κ3) is 5.34. The van der Waals surface area contributed by atoms with Gasteiger partial charge in [-0.2, -0.15) is 0 Å². The van der Waals surface area contributed by atoms with Crippen molar-refractivity contribution in [3.05, 3.63) is 35.9 Å². The molecule has 30 heavy (non-hydrogen) atoms. The van der Waals surface area contributed by atoms with Crippen LogP contribution in [0.25, 0.3) is 0 Å². The molecule has 1 aromatic rings. The molecule has 3 saturated heterocycles.